The molecule has 4 aliphatic rings. The minimum Gasteiger partial charge on any atom is -0.310 e. The summed E-state index contributed by atoms with van der Waals surface area (Å²) in [4.78, 5) is 2.52. The third-order valence-corrected chi connectivity index (χ3v) is 18.6. The van der Waals surface area contributed by atoms with Gasteiger partial charge in [-0.05, 0) is 154 Å². The van der Waals surface area contributed by atoms with Crippen molar-refractivity contribution in [3.8, 4) is 66.8 Å². The van der Waals surface area contributed by atoms with Crippen molar-refractivity contribution in [3.63, 3.8) is 0 Å². The average molecular weight is 980 g/mol. The Bertz CT molecular complexity index is 4520. The molecule has 76 heavy (non-hydrogen) atoms. The predicted octanol–water partition coefficient (Wildman–Crippen LogP) is 19.5. The van der Waals surface area contributed by atoms with Gasteiger partial charge in [-0.3, -0.25) is 0 Å². The Balaban J connectivity index is 0.857. The van der Waals surface area contributed by atoms with Gasteiger partial charge >= 0.3 is 0 Å². The maximum Gasteiger partial charge on any atom is 0.0726 e. The van der Waals surface area contributed by atoms with Crippen LogP contribution >= 0.6 is 11.3 Å². The molecule has 0 unspecified atom stereocenters. The Morgan fingerprint density at radius 3 is 1.32 bits per heavy atom. The molecule has 12 aromatic carbocycles. The molecule has 0 atom stereocenters. The van der Waals surface area contributed by atoms with Crippen LogP contribution in [0.4, 0.5) is 17.1 Å². The lowest BCUT2D eigenvalue weighted by molar-refractivity contribution is 0.794. The van der Waals surface area contributed by atoms with E-state index in [4.69, 9.17) is 0 Å². The number of hydrogen-bond donors (Lipinski definition) is 0. The summed E-state index contributed by atoms with van der Waals surface area (Å²) in [6.45, 7) is 0. The molecule has 1 aromatic heterocycles. The number of benzene rings is 12. The van der Waals surface area contributed by atoms with Gasteiger partial charge in [-0.25, -0.2) is 0 Å². The monoisotopic (exact) mass is 979 g/mol. The summed E-state index contributed by atoms with van der Waals surface area (Å²) in [5.74, 6) is 0. The Morgan fingerprint density at radius 1 is 0.250 bits per heavy atom. The third-order valence-electron chi connectivity index (χ3n) is 17.5. The van der Waals surface area contributed by atoms with E-state index in [1.807, 2.05) is 11.3 Å². The first-order valence-electron chi connectivity index (χ1n) is 26.5. The molecule has 1 heterocycles. The summed E-state index contributed by atoms with van der Waals surface area (Å²) in [5, 5.41) is 2.64. The van der Waals surface area contributed by atoms with Crippen molar-refractivity contribution in [2.75, 3.05) is 4.90 Å². The van der Waals surface area contributed by atoms with E-state index >= 15 is 0 Å². The van der Waals surface area contributed by atoms with E-state index in [1.54, 1.807) is 0 Å². The van der Waals surface area contributed by atoms with Gasteiger partial charge < -0.3 is 4.90 Å². The van der Waals surface area contributed by atoms with Crippen LogP contribution in [-0.2, 0) is 10.8 Å². The first-order chi connectivity index (χ1) is 37.7. The van der Waals surface area contributed by atoms with E-state index < -0.39 is 5.41 Å². The molecule has 0 saturated heterocycles. The molecule has 0 aliphatic heterocycles. The second-order valence-electron chi connectivity index (χ2n) is 21.0. The number of nitrogens with zero attached hydrogens (tertiary/aromatic N) is 1. The van der Waals surface area contributed by atoms with Crippen molar-refractivity contribution in [2.24, 2.45) is 0 Å². The lowest BCUT2D eigenvalue weighted by Crippen LogP contribution is -2.26. The van der Waals surface area contributed by atoms with Crippen LogP contribution in [0.5, 0.6) is 0 Å². The maximum absolute atomic E-state index is 2.52. The van der Waals surface area contributed by atoms with Crippen molar-refractivity contribution in [3.05, 3.63) is 317 Å². The summed E-state index contributed by atoms with van der Waals surface area (Å²) in [6.07, 6.45) is 0. The normalized spacial score (nSPS) is 14.0. The van der Waals surface area contributed by atoms with Crippen molar-refractivity contribution in [1.29, 1.82) is 0 Å². The quantitative estimate of drug-likeness (QED) is 0.166. The number of rotatable bonds is 5. The second-order valence-corrected chi connectivity index (χ2v) is 22.1. The lowest BCUT2D eigenvalue weighted by atomic mass is 9.70. The van der Waals surface area contributed by atoms with Crippen molar-refractivity contribution < 1.29 is 0 Å². The average Bonchev–Trinajstić information content (AvgIpc) is 4.32. The van der Waals surface area contributed by atoms with Crippen LogP contribution in [0.1, 0.15) is 44.5 Å². The fraction of sp³-hybridized carbons (Fsp3) is 0.0270. The highest BCUT2D eigenvalue weighted by Gasteiger charge is 2.53. The van der Waals surface area contributed by atoms with Gasteiger partial charge in [0, 0.05) is 37.1 Å². The van der Waals surface area contributed by atoms with Gasteiger partial charge in [0.25, 0.3) is 0 Å². The number of anilines is 3. The molecule has 0 bridgehead atoms. The van der Waals surface area contributed by atoms with Crippen LogP contribution in [0.25, 0.3) is 86.9 Å². The highest BCUT2D eigenvalue weighted by atomic mass is 32.1. The van der Waals surface area contributed by atoms with Crippen molar-refractivity contribution in [1.82, 2.24) is 0 Å². The summed E-state index contributed by atoms with van der Waals surface area (Å²) in [7, 11) is 0. The van der Waals surface area contributed by atoms with E-state index in [0.29, 0.717) is 0 Å². The van der Waals surface area contributed by atoms with E-state index in [-0.39, 0.29) is 5.41 Å². The topological polar surface area (TPSA) is 3.24 Å². The molecule has 4 aliphatic carbocycles. The van der Waals surface area contributed by atoms with Crippen LogP contribution in [-0.4, -0.2) is 0 Å². The molecule has 1 nitrogen and oxygen atoms in total. The largest absolute Gasteiger partial charge is 0.310 e. The molecular weight excluding hydrogens is 935 g/mol. The molecule has 0 radical (unpaired) electrons. The maximum atomic E-state index is 2.52. The van der Waals surface area contributed by atoms with Crippen molar-refractivity contribution in [2.45, 2.75) is 10.8 Å². The second kappa shape index (κ2) is 15.6. The summed E-state index contributed by atoms with van der Waals surface area (Å²) in [5.41, 5.74) is 28.5. The van der Waals surface area contributed by atoms with E-state index in [2.05, 4.69) is 278 Å². The Labute approximate surface area is 445 Å². The summed E-state index contributed by atoms with van der Waals surface area (Å²) < 4.78 is 2.64. The summed E-state index contributed by atoms with van der Waals surface area (Å²) in [6, 6.07) is 103. The lowest BCUT2D eigenvalue weighted by Gasteiger charge is -2.32. The van der Waals surface area contributed by atoms with Gasteiger partial charge in [0.1, 0.15) is 0 Å². The van der Waals surface area contributed by atoms with Gasteiger partial charge in [0.2, 0.25) is 0 Å². The van der Waals surface area contributed by atoms with Crippen molar-refractivity contribution >= 4 is 48.6 Å². The molecule has 2 heteroatoms. The molecule has 352 valence electrons. The van der Waals surface area contributed by atoms with Gasteiger partial charge in [0.15, 0.2) is 0 Å². The van der Waals surface area contributed by atoms with Crippen LogP contribution in [0.2, 0.25) is 0 Å². The third kappa shape index (κ3) is 5.43. The number of fused-ring (bicyclic) bond motifs is 23. The minimum absolute atomic E-state index is 0.381. The minimum atomic E-state index is -0.462. The molecule has 0 fully saturated rings. The van der Waals surface area contributed by atoms with Crippen LogP contribution in [0.3, 0.4) is 0 Å². The smallest absolute Gasteiger partial charge is 0.0726 e. The highest BCUT2D eigenvalue weighted by molar-refractivity contribution is 7.25. The van der Waals surface area contributed by atoms with E-state index in [9.17, 15) is 0 Å². The first kappa shape index (κ1) is 42.1. The van der Waals surface area contributed by atoms with Crippen LogP contribution in [0.15, 0.2) is 273 Å². The molecule has 13 aromatic rings. The molecule has 2 spiro atoms. The van der Waals surface area contributed by atoms with Crippen LogP contribution < -0.4 is 4.90 Å². The zero-order valence-electron chi connectivity index (χ0n) is 41.3. The molecule has 0 saturated carbocycles. The Hall–Kier alpha value is -9.34. The van der Waals surface area contributed by atoms with E-state index in [0.717, 1.165) is 17.1 Å². The predicted molar refractivity (Wildman–Crippen MR) is 317 cm³/mol. The zero-order valence-corrected chi connectivity index (χ0v) is 42.2. The standard InChI is InChI=1S/C74H45NS/c1-8-26-61-52(19-1)53-20-2-9-27-62(53)73(61)65-30-12-5-23-56(65)60-44-48(38-42-67(60)73)47-17-15-18-51(43-47)75(50-39-35-46(36-40-50)49-37-41-58-57-24-7-14-34-70(57)76-71(58)45-49)69-33-16-32-68-72(69)59-25-6-13-31-66(59)74(68)63-28-10-3-21-54(63)55-22-4-11-29-64(55)74/h1-45H. The summed E-state index contributed by atoms with van der Waals surface area (Å²) >= 11 is 1.87. The fourth-order valence-electron chi connectivity index (χ4n) is 14.5. The van der Waals surface area contributed by atoms with E-state index in [1.165, 1.54) is 131 Å². The highest BCUT2D eigenvalue weighted by Crippen LogP contribution is 2.66. The number of hydrogen-bond acceptors (Lipinski definition) is 2. The fourth-order valence-corrected chi connectivity index (χ4v) is 15.7. The molecule has 17 rings (SSSR count). The molecular formula is C74H45NS. The first-order valence-corrected chi connectivity index (χ1v) is 27.3. The zero-order chi connectivity index (χ0) is 49.7. The Kier molecular flexibility index (Phi) is 8.63. The number of thiophene rings is 1. The van der Waals surface area contributed by atoms with Gasteiger partial charge in [0.05, 0.1) is 16.5 Å². The van der Waals surface area contributed by atoms with Gasteiger partial charge in [-0.1, -0.05) is 224 Å². The Morgan fingerprint density at radius 2 is 0.684 bits per heavy atom. The molecule has 0 amide bonds. The SMILES string of the molecule is c1cc(-c2ccc3c(c2)-c2ccccc2C32c3ccccc3-c3ccccc32)cc(N(c2ccc(-c3ccc4c(c3)sc3ccccc34)cc2)c2cccc3c2-c2ccccc2C32c3ccccc3-c3ccccc32)c1. The van der Waals surface area contributed by atoms with Gasteiger partial charge in [-0.2, -0.15) is 0 Å². The van der Waals surface area contributed by atoms with Gasteiger partial charge in [-0.15, -0.1) is 11.3 Å². The van der Waals surface area contributed by atoms with Crippen LogP contribution in [0, 0.1) is 0 Å². The molecule has 0 N–H and O–H groups in total.